The van der Waals surface area contributed by atoms with E-state index in [2.05, 4.69) is 32.1 Å². The molecule has 1 rings (SSSR count). The van der Waals surface area contributed by atoms with Gasteiger partial charge in [-0.15, -0.1) is 0 Å². The summed E-state index contributed by atoms with van der Waals surface area (Å²) in [6.45, 7) is 4.29. The minimum Gasteiger partial charge on any atom is -0.497 e. The van der Waals surface area contributed by atoms with Crippen LogP contribution in [0, 0.1) is 0 Å². The van der Waals surface area contributed by atoms with Gasteiger partial charge in [-0.25, -0.2) is 0 Å². The van der Waals surface area contributed by atoms with Crippen LogP contribution in [0.2, 0.25) is 0 Å². The maximum atomic E-state index is 5.12. The molecule has 0 saturated heterocycles. The molecule has 0 fully saturated rings. The highest BCUT2D eigenvalue weighted by molar-refractivity contribution is 5.65. The molecule has 0 heterocycles. The maximum Gasteiger partial charge on any atom is 0.118 e. The summed E-state index contributed by atoms with van der Waals surface area (Å²) >= 11 is 0. The molecule has 1 nitrogen and oxygen atoms in total. The molecule has 0 bridgehead atoms. The normalized spacial score (nSPS) is 11.5. The molecular weight excluding hydrogens is 172 g/mol. The van der Waals surface area contributed by atoms with Crippen molar-refractivity contribution in [3.63, 3.8) is 0 Å². The lowest BCUT2D eigenvalue weighted by molar-refractivity contribution is 0.415. The van der Waals surface area contributed by atoms with Gasteiger partial charge in [-0.2, -0.15) is 0 Å². The van der Waals surface area contributed by atoms with E-state index >= 15 is 0 Å². The summed E-state index contributed by atoms with van der Waals surface area (Å²) in [6.07, 6.45) is 4.51. The van der Waals surface area contributed by atoms with Gasteiger partial charge in [0, 0.05) is 0 Å². The molecule has 0 radical (unpaired) electrons. The fourth-order valence-electron chi connectivity index (χ4n) is 1.53. The van der Waals surface area contributed by atoms with Gasteiger partial charge < -0.3 is 4.74 Å². The van der Waals surface area contributed by atoms with E-state index in [1.54, 1.807) is 7.11 Å². The second kappa shape index (κ2) is 5.48. The molecule has 14 heavy (non-hydrogen) atoms. The van der Waals surface area contributed by atoms with Crippen LogP contribution in [-0.2, 0) is 0 Å². The molecule has 0 aliphatic heterocycles. The summed E-state index contributed by atoms with van der Waals surface area (Å²) in [7, 11) is 1.69. The number of rotatable bonds is 4. The summed E-state index contributed by atoms with van der Waals surface area (Å²) in [5.74, 6) is 0.917. The highest BCUT2D eigenvalue weighted by Gasteiger charge is 1.99. The fourth-order valence-corrected chi connectivity index (χ4v) is 1.53. The predicted molar refractivity (Wildman–Crippen MR) is 61.6 cm³/mol. The van der Waals surface area contributed by atoms with Gasteiger partial charge >= 0.3 is 0 Å². The SMILES string of the molecule is C/C=C(\CCC)c1ccc(OC)cc1. The second-order valence-electron chi connectivity index (χ2n) is 3.29. The Morgan fingerprint density at radius 3 is 2.36 bits per heavy atom. The van der Waals surface area contributed by atoms with Crippen LogP contribution in [0.3, 0.4) is 0 Å². The molecule has 0 aliphatic rings. The van der Waals surface area contributed by atoms with E-state index in [1.807, 2.05) is 12.1 Å². The predicted octanol–water partition coefficient (Wildman–Crippen LogP) is 3.90. The van der Waals surface area contributed by atoms with Crippen molar-refractivity contribution in [2.45, 2.75) is 26.7 Å². The van der Waals surface area contributed by atoms with E-state index in [1.165, 1.54) is 17.6 Å². The lowest BCUT2D eigenvalue weighted by Crippen LogP contribution is -1.86. The Morgan fingerprint density at radius 2 is 1.93 bits per heavy atom. The van der Waals surface area contributed by atoms with Gasteiger partial charge in [0.2, 0.25) is 0 Å². The third-order valence-corrected chi connectivity index (χ3v) is 2.33. The van der Waals surface area contributed by atoms with Crippen molar-refractivity contribution >= 4 is 5.57 Å². The first kappa shape index (κ1) is 10.8. The number of ether oxygens (including phenoxy) is 1. The molecule has 0 N–H and O–H groups in total. The zero-order valence-corrected chi connectivity index (χ0v) is 9.21. The first-order valence-electron chi connectivity index (χ1n) is 5.11. The van der Waals surface area contributed by atoms with Crippen LogP contribution >= 0.6 is 0 Å². The molecular formula is C13H18O. The Bertz CT molecular complexity index is 296. The van der Waals surface area contributed by atoms with Crippen LogP contribution in [0.25, 0.3) is 5.57 Å². The number of hydrogen-bond acceptors (Lipinski definition) is 1. The lowest BCUT2D eigenvalue weighted by Gasteiger charge is -2.06. The van der Waals surface area contributed by atoms with Crippen LogP contribution in [0.4, 0.5) is 0 Å². The van der Waals surface area contributed by atoms with Crippen molar-refractivity contribution in [1.82, 2.24) is 0 Å². The zero-order chi connectivity index (χ0) is 10.4. The molecule has 0 aliphatic carbocycles. The highest BCUT2D eigenvalue weighted by Crippen LogP contribution is 2.22. The summed E-state index contributed by atoms with van der Waals surface area (Å²) < 4.78 is 5.12. The van der Waals surface area contributed by atoms with Gasteiger partial charge in [-0.05, 0) is 36.6 Å². The van der Waals surface area contributed by atoms with E-state index < -0.39 is 0 Å². The van der Waals surface area contributed by atoms with Crippen LogP contribution < -0.4 is 4.74 Å². The number of methoxy groups -OCH3 is 1. The average molecular weight is 190 g/mol. The minimum absolute atomic E-state index is 0.917. The van der Waals surface area contributed by atoms with E-state index in [0.29, 0.717) is 0 Å². The summed E-state index contributed by atoms with van der Waals surface area (Å²) in [4.78, 5) is 0. The first-order chi connectivity index (χ1) is 6.81. The van der Waals surface area contributed by atoms with Gasteiger partial charge in [0.25, 0.3) is 0 Å². The van der Waals surface area contributed by atoms with E-state index in [4.69, 9.17) is 4.74 Å². The Hall–Kier alpha value is -1.24. The van der Waals surface area contributed by atoms with Gasteiger partial charge in [0.05, 0.1) is 7.11 Å². The lowest BCUT2D eigenvalue weighted by atomic mass is 10.0. The molecule has 0 unspecified atom stereocenters. The van der Waals surface area contributed by atoms with Crippen molar-refractivity contribution < 1.29 is 4.74 Å². The van der Waals surface area contributed by atoms with Crippen LogP contribution in [-0.4, -0.2) is 7.11 Å². The molecule has 76 valence electrons. The highest BCUT2D eigenvalue weighted by atomic mass is 16.5. The summed E-state index contributed by atoms with van der Waals surface area (Å²) in [6, 6.07) is 8.25. The van der Waals surface area contributed by atoms with Crippen molar-refractivity contribution in [2.24, 2.45) is 0 Å². The summed E-state index contributed by atoms with van der Waals surface area (Å²) in [5, 5.41) is 0. The van der Waals surface area contributed by atoms with Crippen molar-refractivity contribution in [1.29, 1.82) is 0 Å². The number of allylic oxidation sites excluding steroid dienone is 2. The van der Waals surface area contributed by atoms with Crippen LogP contribution in [0.1, 0.15) is 32.3 Å². The van der Waals surface area contributed by atoms with E-state index in [-0.39, 0.29) is 0 Å². The zero-order valence-electron chi connectivity index (χ0n) is 9.21. The Balaban J connectivity index is 2.84. The molecule has 1 aromatic rings. The Kier molecular flexibility index (Phi) is 4.24. The van der Waals surface area contributed by atoms with E-state index in [0.717, 1.165) is 12.2 Å². The number of benzene rings is 1. The average Bonchev–Trinajstić information content (AvgIpc) is 2.26. The van der Waals surface area contributed by atoms with Crippen molar-refractivity contribution in [3.8, 4) is 5.75 Å². The third-order valence-electron chi connectivity index (χ3n) is 2.33. The molecule has 0 amide bonds. The monoisotopic (exact) mass is 190 g/mol. The Labute approximate surface area is 86.4 Å². The third kappa shape index (κ3) is 2.63. The minimum atomic E-state index is 0.917. The first-order valence-corrected chi connectivity index (χ1v) is 5.11. The second-order valence-corrected chi connectivity index (χ2v) is 3.29. The molecule has 1 aromatic carbocycles. The largest absolute Gasteiger partial charge is 0.497 e. The molecule has 0 saturated carbocycles. The van der Waals surface area contributed by atoms with Gasteiger partial charge in [0.1, 0.15) is 5.75 Å². The van der Waals surface area contributed by atoms with Crippen LogP contribution in [0.5, 0.6) is 5.75 Å². The van der Waals surface area contributed by atoms with Gasteiger partial charge in [-0.1, -0.05) is 31.6 Å². The van der Waals surface area contributed by atoms with Crippen LogP contribution in [0.15, 0.2) is 30.3 Å². The quantitative estimate of drug-likeness (QED) is 0.699. The molecule has 0 atom stereocenters. The molecule has 0 spiro atoms. The van der Waals surface area contributed by atoms with Crippen molar-refractivity contribution in [2.75, 3.05) is 7.11 Å². The fraction of sp³-hybridized carbons (Fsp3) is 0.385. The summed E-state index contributed by atoms with van der Waals surface area (Å²) in [5.41, 5.74) is 2.71. The molecule has 0 aromatic heterocycles. The van der Waals surface area contributed by atoms with Gasteiger partial charge in [-0.3, -0.25) is 0 Å². The van der Waals surface area contributed by atoms with Gasteiger partial charge in [0.15, 0.2) is 0 Å². The molecule has 1 heteroatoms. The standard InChI is InChI=1S/C13H18O/c1-4-6-11(5-2)12-7-9-13(14-3)10-8-12/h5,7-10H,4,6H2,1-3H3/b11-5+. The van der Waals surface area contributed by atoms with Crippen molar-refractivity contribution in [3.05, 3.63) is 35.9 Å². The maximum absolute atomic E-state index is 5.12. The smallest absolute Gasteiger partial charge is 0.118 e. The van der Waals surface area contributed by atoms with E-state index in [9.17, 15) is 0 Å². The number of hydrogen-bond donors (Lipinski definition) is 0. The Morgan fingerprint density at radius 1 is 1.29 bits per heavy atom. The topological polar surface area (TPSA) is 9.23 Å².